The number of fused-ring (bicyclic) bond motifs is 1. The van der Waals surface area contributed by atoms with Gasteiger partial charge in [-0.3, -0.25) is 9.59 Å². The summed E-state index contributed by atoms with van der Waals surface area (Å²) in [6, 6.07) is 18.7. The van der Waals surface area contributed by atoms with E-state index < -0.39 is 17.8 Å². The fourth-order valence-electron chi connectivity index (χ4n) is 4.05. The quantitative estimate of drug-likeness (QED) is 0.372. The molecule has 3 aromatic carbocycles. The van der Waals surface area contributed by atoms with Crippen molar-refractivity contribution >= 4 is 28.5 Å². The van der Waals surface area contributed by atoms with Gasteiger partial charge < -0.3 is 15.0 Å². The summed E-state index contributed by atoms with van der Waals surface area (Å²) in [6.07, 6.45) is 0.625. The van der Waals surface area contributed by atoms with E-state index in [0.717, 1.165) is 5.52 Å². The van der Waals surface area contributed by atoms with E-state index in [1.807, 2.05) is 38.1 Å². The predicted molar refractivity (Wildman–Crippen MR) is 135 cm³/mol. The largest absolute Gasteiger partial charge is 0.497 e. The Balaban J connectivity index is 1.71. The lowest BCUT2D eigenvalue weighted by molar-refractivity contribution is -0.142. The van der Waals surface area contributed by atoms with Gasteiger partial charge in [0.15, 0.2) is 0 Å². The average molecular weight is 490 g/mol. The van der Waals surface area contributed by atoms with Crippen LogP contribution in [0.5, 0.6) is 5.75 Å². The second kappa shape index (κ2) is 11.0. The van der Waals surface area contributed by atoms with Crippen LogP contribution in [-0.2, 0) is 16.1 Å². The SMILES string of the molecule is CC[C@@H](C)N(C(=O)Cn1nnc2ccccc21)[C@@H](C(=O)Nc1ccc(F)cc1)c1ccc(OC)cc1. The van der Waals surface area contributed by atoms with Crippen LogP contribution in [-0.4, -0.2) is 44.9 Å². The van der Waals surface area contributed by atoms with E-state index in [0.29, 0.717) is 28.9 Å². The van der Waals surface area contributed by atoms with Gasteiger partial charge in [-0.25, -0.2) is 9.07 Å². The molecule has 1 N–H and O–H groups in total. The Morgan fingerprint density at radius 1 is 1.06 bits per heavy atom. The molecule has 0 radical (unpaired) electrons. The molecule has 0 unspecified atom stereocenters. The summed E-state index contributed by atoms with van der Waals surface area (Å²) in [6.45, 7) is 3.78. The van der Waals surface area contributed by atoms with Gasteiger partial charge in [0.25, 0.3) is 5.91 Å². The number of rotatable bonds is 9. The monoisotopic (exact) mass is 489 g/mol. The molecule has 2 atom stereocenters. The fraction of sp³-hybridized carbons (Fsp3) is 0.259. The zero-order valence-corrected chi connectivity index (χ0v) is 20.4. The first-order valence-electron chi connectivity index (χ1n) is 11.7. The molecule has 8 nitrogen and oxygen atoms in total. The summed E-state index contributed by atoms with van der Waals surface area (Å²) in [7, 11) is 1.56. The van der Waals surface area contributed by atoms with Gasteiger partial charge in [-0.05, 0) is 67.4 Å². The van der Waals surface area contributed by atoms with Crippen LogP contribution in [0, 0.1) is 5.82 Å². The van der Waals surface area contributed by atoms with Crippen molar-refractivity contribution in [3.05, 3.63) is 84.2 Å². The highest BCUT2D eigenvalue weighted by Gasteiger charge is 2.34. The molecule has 36 heavy (non-hydrogen) atoms. The number of ether oxygens (including phenoxy) is 1. The number of halogens is 1. The van der Waals surface area contributed by atoms with E-state index in [4.69, 9.17) is 4.74 Å². The van der Waals surface area contributed by atoms with Crippen molar-refractivity contribution in [2.45, 2.75) is 38.9 Å². The van der Waals surface area contributed by atoms with E-state index in [1.165, 1.54) is 28.9 Å². The van der Waals surface area contributed by atoms with E-state index in [-0.39, 0.29) is 18.5 Å². The van der Waals surface area contributed by atoms with Gasteiger partial charge in [0.1, 0.15) is 29.7 Å². The summed E-state index contributed by atoms with van der Waals surface area (Å²) < 4.78 is 20.2. The minimum absolute atomic E-state index is 0.0820. The number of aromatic nitrogens is 3. The van der Waals surface area contributed by atoms with Gasteiger partial charge in [0.2, 0.25) is 5.91 Å². The first-order valence-corrected chi connectivity index (χ1v) is 11.7. The third-order valence-corrected chi connectivity index (χ3v) is 6.13. The normalized spacial score (nSPS) is 12.7. The molecule has 2 amide bonds. The summed E-state index contributed by atoms with van der Waals surface area (Å²) in [5.74, 6) is -0.470. The van der Waals surface area contributed by atoms with Crippen molar-refractivity contribution in [2.75, 3.05) is 12.4 Å². The van der Waals surface area contributed by atoms with Gasteiger partial charge in [-0.15, -0.1) is 5.10 Å². The lowest BCUT2D eigenvalue weighted by Crippen LogP contribution is -2.47. The first kappa shape index (κ1) is 24.8. The highest BCUT2D eigenvalue weighted by atomic mass is 19.1. The smallest absolute Gasteiger partial charge is 0.251 e. The second-order valence-electron chi connectivity index (χ2n) is 8.47. The fourth-order valence-corrected chi connectivity index (χ4v) is 4.05. The van der Waals surface area contributed by atoms with E-state index in [1.54, 1.807) is 36.3 Å². The summed E-state index contributed by atoms with van der Waals surface area (Å²) in [4.78, 5) is 29.0. The van der Waals surface area contributed by atoms with Crippen molar-refractivity contribution in [1.82, 2.24) is 19.9 Å². The molecule has 1 aromatic heterocycles. The number of para-hydroxylation sites is 1. The Kier molecular flexibility index (Phi) is 7.58. The van der Waals surface area contributed by atoms with Crippen LogP contribution >= 0.6 is 0 Å². The Hall–Kier alpha value is -4.27. The summed E-state index contributed by atoms with van der Waals surface area (Å²) in [5, 5.41) is 11.1. The number of nitrogens with zero attached hydrogens (tertiary/aromatic N) is 4. The van der Waals surface area contributed by atoms with Gasteiger partial charge >= 0.3 is 0 Å². The van der Waals surface area contributed by atoms with Crippen molar-refractivity contribution < 1.29 is 18.7 Å². The predicted octanol–water partition coefficient (Wildman–Crippen LogP) is 4.59. The molecule has 0 fully saturated rings. The van der Waals surface area contributed by atoms with Crippen LogP contribution in [0.25, 0.3) is 11.0 Å². The summed E-state index contributed by atoms with van der Waals surface area (Å²) in [5.41, 5.74) is 2.46. The van der Waals surface area contributed by atoms with Gasteiger partial charge in [-0.2, -0.15) is 0 Å². The Morgan fingerprint density at radius 2 is 1.75 bits per heavy atom. The number of nitrogens with one attached hydrogen (secondary N) is 1. The highest BCUT2D eigenvalue weighted by molar-refractivity contribution is 5.98. The molecular formula is C27H28FN5O3. The molecule has 4 rings (SSSR count). The van der Waals surface area contributed by atoms with Crippen molar-refractivity contribution in [3.8, 4) is 5.75 Å². The molecule has 0 spiro atoms. The standard InChI is InChI=1S/C27H28FN5O3/c1-4-18(2)33(25(34)17-32-24-8-6-5-7-23(24)30-31-32)26(19-9-15-22(36-3)16-10-19)27(35)29-21-13-11-20(28)12-14-21/h5-16,18,26H,4,17H2,1-3H3,(H,29,35)/t18-,26-/m1/s1. The molecule has 186 valence electrons. The number of methoxy groups -OCH3 is 1. The third kappa shape index (κ3) is 5.35. The number of amides is 2. The summed E-state index contributed by atoms with van der Waals surface area (Å²) >= 11 is 0. The van der Waals surface area contributed by atoms with Gasteiger partial charge in [0.05, 0.1) is 12.6 Å². The maximum Gasteiger partial charge on any atom is 0.251 e. The molecular weight excluding hydrogens is 461 g/mol. The Morgan fingerprint density at radius 3 is 2.42 bits per heavy atom. The van der Waals surface area contributed by atoms with Crippen molar-refractivity contribution in [1.29, 1.82) is 0 Å². The number of carbonyl (C=O) groups excluding carboxylic acids is 2. The zero-order valence-electron chi connectivity index (χ0n) is 20.4. The van der Waals surface area contributed by atoms with Gasteiger partial charge in [0, 0.05) is 11.7 Å². The highest BCUT2D eigenvalue weighted by Crippen LogP contribution is 2.29. The van der Waals surface area contributed by atoms with Crippen molar-refractivity contribution in [3.63, 3.8) is 0 Å². The molecule has 0 aliphatic heterocycles. The molecule has 1 heterocycles. The lowest BCUT2D eigenvalue weighted by atomic mass is 10.0. The van der Waals surface area contributed by atoms with Crippen LogP contribution < -0.4 is 10.1 Å². The Labute approximate surface area is 208 Å². The first-order chi connectivity index (χ1) is 17.4. The molecule has 4 aromatic rings. The topological polar surface area (TPSA) is 89.4 Å². The molecule has 0 bridgehead atoms. The van der Waals surface area contributed by atoms with E-state index >= 15 is 0 Å². The molecule has 0 saturated heterocycles. The van der Waals surface area contributed by atoms with Crippen LogP contribution in [0.3, 0.4) is 0 Å². The van der Waals surface area contributed by atoms with Crippen LogP contribution in [0.4, 0.5) is 10.1 Å². The number of hydrogen-bond donors (Lipinski definition) is 1. The van der Waals surface area contributed by atoms with E-state index in [9.17, 15) is 14.0 Å². The van der Waals surface area contributed by atoms with Crippen LogP contribution in [0.15, 0.2) is 72.8 Å². The number of benzene rings is 3. The molecule has 0 saturated carbocycles. The lowest BCUT2D eigenvalue weighted by Gasteiger charge is -2.36. The van der Waals surface area contributed by atoms with Crippen molar-refractivity contribution in [2.24, 2.45) is 0 Å². The molecule has 0 aliphatic carbocycles. The second-order valence-corrected chi connectivity index (χ2v) is 8.47. The Bertz CT molecular complexity index is 1340. The van der Waals surface area contributed by atoms with Crippen LogP contribution in [0.2, 0.25) is 0 Å². The van der Waals surface area contributed by atoms with Crippen LogP contribution in [0.1, 0.15) is 31.9 Å². The van der Waals surface area contributed by atoms with Gasteiger partial charge in [-0.1, -0.05) is 36.4 Å². The number of anilines is 1. The maximum atomic E-state index is 13.8. The molecule has 0 aliphatic rings. The molecule has 9 heteroatoms. The maximum absolute atomic E-state index is 13.8. The number of carbonyl (C=O) groups is 2. The number of hydrogen-bond acceptors (Lipinski definition) is 5. The van der Waals surface area contributed by atoms with E-state index in [2.05, 4.69) is 15.6 Å². The third-order valence-electron chi connectivity index (χ3n) is 6.13. The average Bonchev–Trinajstić information content (AvgIpc) is 3.30. The minimum Gasteiger partial charge on any atom is -0.497 e. The minimum atomic E-state index is -0.946. The zero-order chi connectivity index (χ0) is 25.7.